The van der Waals surface area contributed by atoms with E-state index in [1.165, 1.54) is 25.5 Å². The van der Waals surface area contributed by atoms with Gasteiger partial charge < -0.3 is 14.2 Å². The first-order chi connectivity index (χ1) is 15.5. The molecular weight excluding hydrogens is 479 g/mol. The van der Waals surface area contributed by atoms with Crippen LogP contribution in [0.3, 0.4) is 0 Å². The number of amides is 1. The molecule has 8 heteroatoms. The highest BCUT2D eigenvalue weighted by atomic mass is 79.9. The number of benzene rings is 3. The monoisotopic (exact) mass is 500 g/mol. The van der Waals surface area contributed by atoms with Crippen molar-refractivity contribution in [3.8, 4) is 17.2 Å². The van der Waals surface area contributed by atoms with Crippen LogP contribution >= 0.6 is 15.9 Å². The van der Waals surface area contributed by atoms with E-state index in [-0.39, 0.29) is 12.4 Å². The smallest absolute Gasteiger partial charge is 0.271 e. The number of hydrogen-bond acceptors (Lipinski definition) is 5. The van der Waals surface area contributed by atoms with Crippen LogP contribution in [-0.4, -0.2) is 25.8 Å². The van der Waals surface area contributed by atoms with Crippen molar-refractivity contribution in [3.63, 3.8) is 0 Å². The van der Waals surface area contributed by atoms with Crippen molar-refractivity contribution in [1.29, 1.82) is 0 Å². The zero-order chi connectivity index (χ0) is 22.9. The molecule has 0 radical (unpaired) electrons. The summed E-state index contributed by atoms with van der Waals surface area (Å²) in [6.07, 6.45) is 1.48. The summed E-state index contributed by atoms with van der Waals surface area (Å²) in [5.41, 5.74) is 4.22. The Hall–Kier alpha value is -3.39. The van der Waals surface area contributed by atoms with E-state index in [4.69, 9.17) is 14.2 Å². The molecule has 0 spiro atoms. The van der Waals surface area contributed by atoms with Crippen LogP contribution in [0.15, 0.2) is 70.2 Å². The van der Waals surface area contributed by atoms with Crippen LogP contribution in [0.25, 0.3) is 0 Å². The molecule has 3 aromatic rings. The van der Waals surface area contributed by atoms with Gasteiger partial charge in [0.2, 0.25) is 0 Å². The molecule has 0 aromatic heterocycles. The second kappa shape index (κ2) is 11.3. The van der Waals surface area contributed by atoms with E-state index in [0.717, 1.165) is 4.47 Å². The lowest BCUT2D eigenvalue weighted by Gasteiger charge is -2.11. The highest BCUT2D eigenvalue weighted by Gasteiger charge is 2.11. The Morgan fingerprint density at radius 3 is 2.62 bits per heavy atom. The summed E-state index contributed by atoms with van der Waals surface area (Å²) < 4.78 is 30.8. The highest BCUT2D eigenvalue weighted by molar-refractivity contribution is 9.10. The van der Waals surface area contributed by atoms with Gasteiger partial charge in [0, 0.05) is 15.6 Å². The quantitative estimate of drug-likeness (QED) is 0.318. The zero-order valence-electron chi connectivity index (χ0n) is 17.6. The van der Waals surface area contributed by atoms with Gasteiger partial charge in [-0.15, -0.1) is 0 Å². The van der Waals surface area contributed by atoms with Gasteiger partial charge in [-0.25, -0.2) is 9.82 Å². The maximum atomic E-state index is 13.4. The molecule has 0 aliphatic carbocycles. The minimum atomic E-state index is -0.401. The Labute approximate surface area is 194 Å². The second-order valence-electron chi connectivity index (χ2n) is 6.60. The Morgan fingerprint density at radius 2 is 1.88 bits per heavy atom. The highest BCUT2D eigenvalue weighted by Crippen LogP contribution is 2.28. The number of ether oxygens (including phenoxy) is 3. The van der Waals surface area contributed by atoms with Crippen molar-refractivity contribution < 1.29 is 23.4 Å². The molecule has 0 fully saturated rings. The Kier molecular flexibility index (Phi) is 8.21. The third-order valence-corrected chi connectivity index (χ3v) is 4.84. The molecule has 1 amide bonds. The van der Waals surface area contributed by atoms with Crippen molar-refractivity contribution >= 4 is 28.1 Å². The second-order valence-corrected chi connectivity index (χ2v) is 7.51. The third-order valence-electron chi connectivity index (χ3n) is 4.35. The Morgan fingerprint density at radius 1 is 1.06 bits per heavy atom. The lowest BCUT2D eigenvalue weighted by molar-refractivity contribution is 0.0954. The van der Waals surface area contributed by atoms with Crippen LogP contribution in [0, 0.1) is 5.82 Å². The number of hydrogen-bond donors (Lipinski definition) is 1. The lowest BCUT2D eigenvalue weighted by atomic mass is 10.2. The van der Waals surface area contributed by atoms with Gasteiger partial charge in [0.25, 0.3) is 5.91 Å². The molecule has 0 aliphatic rings. The van der Waals surface area contributed by atoms with Crippen molar-refractivity contribution in [2.75, 3.05) is 13.7 Å². The maximum Gasteiger partial charge on any atom is 0.271 e. The molecule has 0 aliphatic heterocycles. The van der Waals surface area contributed by atoms with Crippen LogP contribution in [0.5, 0.6) is 17.2 Å². The molecule has 1 N–H and O–H groups in total. The van der Waals surface area contributed by atoms with Gasteiger partial charge >= 0.3 is 0 Å². The average molecular weight is 501 g/mol. The Bertz CT molecular complexity index is 1120. The summed E-state index contributed by atoms with van der Waals surface area (Å²) in [6, 6.07) is 16.5. The molecule has 0 bridgehead atoms. The fraction of sp³-hybridized carbons (Fsp3) is 0.167. The summed E-state index contributed by atoms with van der Waals surface area (Å²) in [7, 11) is 1.54. The normalized spacial score (nSPS) is 10.8. The number of carbonyl (C=O) groups is 1. The first-order valence-electron chi connectivity index (χ1n) is 9.81. The number of carbonyl (C=O) groups excluding carboxylic acids is 1. The van der Waals surface area contributed by atoms with E-state index < -0.39 is 5.91 Å². The van der Waals surface area contributed by atoms with Crippen LogP contribution in [0.4, 0.5) is 4.39 Å². The molecule has 0 unspecified atom stereocenters. The van der Waals surface area contributed by atoms with E-state index >= 15 is 0 Å². The number of hydrazone groups is 1. The summed E-state index contributed by atoms with van der Waals surface area (Å²) in [6.45, 7) is 2.49. The van der Waals surface area contributed by atoms with Crippen molar-refractivity contribution in [2.24, 2.45) is 5.10 Å². The van der Waals surface area contributed by atoms with Gasteiger partial charge in [0.15, 0.2) is 11.5 Å². The maximum absolute atomic E-state index is 13.4. The summed E-state index contributed by atoms with van der Waals surface area (Å²) >= 11 is 3.42. The lowest BCUT2D eigenvalue weighted by Crippen LogP contribution is -2.17. The Balaban J connectivity index is 1.70. The predicted molar refractivity (Wildman–Crippen MR) is 124 cm³/mol. The van der Waals surface area contributed by atoms with Gasteiger partial charge in [0.05, 0.1) is 19.9 Å². The van der Waals surface area contributed by atoms with Crippen molar-refractivity contribution in [1.82, 2.24) is 5.43 Å². The first-order valence-corrected chi connectivity index (χ1v) is 10.6. The fourth-order valence-electron chi connectivity index (χ4n) is 2.85. The molecule has 0 saturated heterocycles. The minimum Gasteiger partial charge on any atom is -0.493 e. The van der Waals surface area contributed by atoms with Gasteiger partial charge in [-0.05, 0) is 61.0 Å². The van der Waals surface area contributed by atoms with Gasteiger partial charge in [-0.2, -0.15) is 5.10 Å². The average Bonchev–Trinajstić information content (AvgIpc) is 2.78. The predicted octanol–water partition coefficient (Wildman–Crippen LogP) is 5.34. The minimum absolute atomic E-state index is 0.193. The van der Waals surface area contributed by atoms with Crippen molar-refractivity contribution in [2.45, 2.75) is 13.5 Å². The molecular formula is C24H22BrFN2O4. The van der Waals surface area contributed by atoms with E-state index in [2.05, 4.69) is 26.5 Å². The standard InChI is InChI=1S/C24H22BrFN2O4/c1-3-31-23-13-17(7-9-22(23)30-2)24(29)28-27-14-18-12-19(25)8-10-21(18)32-15-16-5-4-6-20(26)11-16/h4-14H,3,15H2,1-2H3,(H,28,29)/b27-14+. The van der Waals surface area contributed by atoms with E-state index in [0.29, 0.717) is 40.5 Å². The molecule has 32 heavy (non-hydrogen) atoms. The number of halogens is 2. The zero-order valence-corrected chi connectivity index (χ0v) is 19.2. The number of rotatable bonds is 9. The van der Waals surface area contributed by atoms with E-state index in [1.54, 1.807) is 42.5 Å². The summed E-state index contributed by atoms with van der Waals surface area (Å²) in [5.74, 6) is 0.839. The van der Waals surface area contributed by atoms with Gasteiger partial charge in [0.1, 0.15) is 18.2 Å². The molecule has 166 valence electrons. The first kappa shape index (κ1) is 23.3. The summed E-state index contributed by atoms with van der Waals surface area (Å²) in [4.78, 5) is 12.5. The van der Waals surface area contributed by atoms with Crippen LogP contribution in [0.2, 0.25) is 0 Å². The molecule has 0 atom stereocenters. The number of nitrogens with one attached hydrogen (secondary N) is 1. The fourth-order valence-corrected chi connectivity index (χ4v) is 3.23. The largest absolute Gasteiger partial charge is 0.493 e. The van der Waals surface area contributed by atoms with Gasteiger partial charge in [-0.1, -0.05) is 28.1 Å². The topological polar surface area (TPSA) is 69.2 Å². The molecule has 0 saturated carbocycles. The molecule has 0 heterocycles. The van der Waals surface area contributed by atoms with Crippen LogP contribution < -0.4 is 19.6 Å². The SMILES string of the molecule is CCOc1cc(C(=O)N/N=C/c2cc(Br)ccc2OCc2cccc(F)c2)ccc1OC. The molecule has 6 nitrogen and oxygen atoms in total. The number of methoxy groups -OCH3 is 1. The van der Waals surface area contributed by atoms with E-state index in [9.17, 15) is 9.18 Å². The van der Waals surface area contributed by atoms with Crippen molar-refractivity contribution in [3.05, 3.63) is 87.6 Å². The van der Waals surface area contributed by atoms with E-state index in [1.807, 2.05) is 13.0 Å². The molecule has 3 rings (SSSR count). The number of nitrogens with zero attached hydrogens (tertiary/aromatic N) is 1. The van der Waals surface area contributed by atoms with Crippen LogP contribution in [-0.2, 0) is 6.61 Å². The summed E-state index contributed by atoms with van der Waals surface area (Å²) in [5, 5.41) is 4.05. The third kappa shape index (κ3) is 6.31. The van der Waals surface area contributed by atoms with Crippen LogP contribution in [0.1, 0.15) is 28.4 Å². The molecule has 3 aromatic carbocycles. The van der Waals surface area contributed by atoms with Gasteiger partial charge in [-0.3, -0.25) is 4.79 Å².